The van der Waals surface area contributed by atoms with Crippen molar-refractivity contribution in [3.8, 4) is 0 Å². The fraction of sp³-hybridized carbons (Fsp3) is 0.778. The second-order valence-corrected chi connectivity index (χ2v) is 2.67. The first kappa shape index (κ1) is 14.0. The summed E-state index contributed by atoms with van der Waals surface area (Å²) in [4.78, 5) is 22.1. The number of carbonyl (C=O) groups excluding carboxylic acids is 2. The van der Waals surface area contributed by atoms with E-state index in [4.69, 9.17) is 4.74 Å². The van der Waals surface area contributed by atoms with Gasteiger partial charge < -0.3 is 9.47 Å². The number of hydrogen-bond donors (Lipinski definition) is 0. The molecular weight excluding hydrogens is 210 g/mol. The number of esters is 1. The molecule has 4 nitrogen and oxygen atoms in total. The lowest BCUT2D eigenvalue weighted by molar-refractivity contribution is -0.157. The number of ether oxygens (including phenoxy) is 2. The highest BCUT2D eigenvalue weighted by Gasteiger charge is 2.33. The Labute approximate surface area is 86.5 Å². The van der Waals surface area contributed by atoms with Gasteiger partial charge in [-0.05, 0) is 13.8 Å². The minimum absolute atomic E-state index is 0.0397. The molecule has 0 saturated heterocycles. The quantitative estimate of drug-likeness (QED) is 0.479. The van der Waals surface area contributed by atoms with Gasteiger partial charge in [-0.1, -0.05) is 0 Å². The molecule has 0 bridgehead atoms. The summed E-state index contributed by atoms with van der Waals surface area (Å²) >= 11 is 0. The molecule has 0 aromatic carbocycles. The van der Waals surface area contributed by atoms with Crippen molar-refractivity contribution in [2.24, 2.45) is 5.92 Å². The Kier molecular flexibility index (Phi) is 6.77. The number of ketones is 1. The van der Waals surface area contributed by atoms with Crippen LogP contribution in [0.2, 0.25) is 0 Å². The first-order valence-corrected chi connectivity index (χ1v) is 4.60. The molecule has 15 heavy (non-hydrogen) atoms. The molecule has 0 N–H and O–H groups in total. The van der Waals surface area contributed by atoms with Crippen molar-refractivity contribution in [1.29, 1.82) is 0 Å². The van der Waals surface area contributed by atoms with Crippen LogP contribution < -0.4 is 0 Å². The third kappa shape index (κ3) is 4.83. The van der Waals surface area contributed by atoms with Crippen LogP contribution in [0.25, 0.3) is 0 Å². The van der Waals surface area contributed by atoms with E-state index in [9.17, 15) is 18.4 Å². The molecule has 0 rings (SSSR count). The molecule has 0 spiro atoms. The predicted octanol–water partition coefficient (Wildman–Crippen LogP) is 1.04. The summed E-state index contributed by atoms with van der Waals surface area (Å²) in [6.07, 6.45) is -3.18. The fourth-order valence-electron chi connectivity index (χ4n) is 0.897. The van der Waals surface area contributed by atoms with Crippen LogP contribution in [0.5, 0.6) is 0 Å². The van der Waals surface area contributed by atoms with Crippen molar-refractivity contribution in [1.82, 2.24) is 0 Å². The minimum atomic E-state index is -3.18. The molecule has 0 aliphatic heterocycles. The SMILES string of the molecule is CCOCC(C(=O)OCC)C(=O)C(F)F. The zero-order valence-corrected chi connectivity index (χ0v) is 8.66. The van der Waals surface area contributed by atoms with Gasteiger partial charge in [0.25, 0.3) is 6.43 Å². The molecule has 88 valence electrons. The first-order chi connectivity index (χ1) is 7.04. The highest BCUT2D eigenvalue weighted by Crippen LogP contribution is 2.09. The van der Waals surface area contributed by atoms with E-state index in [1.807, 2.05) is 0 Å². The van der Waals surface area contributed by atoms with Crippen LogP contribution in [0, 0.1) is 5.92 Å². The van der Waals surface area contributed by atoms with Crippen LogP contribution in [0.1, 0.15) is 13.8 Å². The minimum Gasteiger partial charge on any atom is -0.465 e. The lowest BCUT2D eigenvalue weighted by Crippen LogP contribution is -2.34. The van der Waals surface area contributed by atoms with Gasteiger partial charge in [0.05, 0.1) is 13.2 Å². The van der Waals surface area contributed by atoms with E-state index >= 15 is 0 Å². The summed E-state index contributed by atoms with van der Waals surface area (Å²) in [5.41, 5.74) is 0. The van der Waals surface area contributed by atoms with E-state index in [2.05, 4.69) is 4.74 Å². The van der Waals surface area contributed by atoms with Crippen molar-refractivity contribution >= 4 is 11.8 Å². The van der Waals surface area contributed by atoms with Crippen LogP contribution in [0.15, 0.2) is 0 Å². The van der Waals surface area contributed by atoms with Crippen molar-refractivity contribution in [3.05, 3.63) is 0 Å². The maximum absolute atomic E-state index is 12.1. The molecule has 0 heterocycles. The molecule has 1 atom stereocenters. The van der Waals surface area contributed by atoms with Crippen molar-refractivity contribution in [2.45, 2.75) is 20.3 Å². The molecule has 0 aliphatic carbocycles. The first-order valence-electron chi connectivity index (χ1n) is 4.60. The second-order valence-electron chi connectivity index (χ2n) is 2.67. The van der Waals surface area contributed by atoms with Crippen LogP contribution >= 0.6 is 0 Å². The highest BCUT2D eigenvalue weighted by molar-refractivity contribution is 6.00. The maximum atomic E-state index is 12.1. The summed E-state index contributed by atoms with van der Waals surface area (Å²) in [6.45, 7) is 3.08. The fourth-order valence-corrected chi connectivity index (χ4v) is 0.897. The van der Waals surface area contributed by atoms with Gasteiger partial charge in [-0.25, -0.2) is 8.78 Å². The lowest BCUT2D eigenvalue weighted by Gasteiger charge is -2.13. The Hall–Kier alpha value is -1.04. The third-order valence-electron chi connectivity index (χ3n) is 1.62. The average molecular weight is 224 g/mol. The lowest BCUT2D eigenvalue weighted by atomic mass is 10.1. The zero-order valence-electron chi connectivity index (χ0n) is 8.66. The van der Waals surface area contributed by atoms with Crippen LogP contribution in [-0.4, -0.2) is 38.0 Å². The molecule has 0 aromatic heterocycles. The zero-order chi connectivity index (χ0) is 11.8. The monoisotopic (exact) mass is 224 g/mol. The van der Waals surface area contributed by atoms with E-state index in [-0.39, 0.29) is 19.8 Å². The molecule has 0 fully saturated rings. The second kappa shape index (κ2) is 7.28. The van der Waals surface area contributed by atoms with E-state index in [0.29, 0.717) is 0 Å². The molecule has 6 heteroatoms. The Morgan fingerprint density at radius 2 is 1.80 bits per heavy atom. The number of rotatable bonds is 7. The summed E-state index contributed by atoms with van der Waals surface area (Å²) in [6, 6.07) is 0. The number of hydrogen-bond acceptors (Lipinski definition) is 4. The topological polar surface area (TPSA) is 52.6 Å². The van der Waals surface area contributed by atoms with Crippen LogP contribution in [0.3, 0.4) is 0 Å². The Balaban J connectivity index is 4.42. The molecule has 0 aliphatic rings. The maximum Gasteiger partial charge on any atom is 0.319 e. The average Bonchev–Trinajstić information content (AvgIpc) is 2.18. The van der Waals surface area contributed by atoms with Gasteiger partial charge in [-0.2, -0.15) is 0 Å². The Morgan fingerprint density at radius 1 is 1.20 bits per heavy atom. The van der Waals surface area contributed by atoms with E-state index in [1.165, 1.54) is 6.92 Å². The normalized spacial score (nSPS) is 12.6. The molecule has 0 radical (unpaired) electrons. The van der Waals surface area contributed by atoms with Gasteiger partial charge in [0.15, 0.2) is 0 Å². The summed E-state index contributed by atoms with van der Waals surface area (Å²) in [7, 11) is 0. The molecule has 1 unspecified atom stereocenters. The number of carbonyl (C=O) groups is 2. The number of Topliss-reactive ketones (excluding diaryl/α,β-unsaturated/α-hetero) is 1. The number of halogens is 2. The number of alkyl halides is 2. The van der Waals surface area contributed by atoms with Gasteiger partial charge in [0, 0.05) is 6.61 Å². The van der Waals surface area contributed by atoms with E-state index in [1.54, 1.807) is 6.92 Å². The van der Waals surface area contributed by atoms with E-state index < -0.39 is 24.1 Å². The summed E-state index contributed by atoms with van der Waals surface area (Å²) in [5.74, 6) is -3.94. The standard InChI is InChI=1S/C9H14F2O4/c1-3-14-5-6(7(12)8(10)11)9(13)15-4-2/h6,8H,3-5H2,1-2H3. The van der Waals surface area contributed by atoms with Gasteiger partial charge in [-0.3, -0.25) is 9.59 Å². The predicted molar refractivity (Wildman–Crippen MR) is 47.6 cm³/mol. The molecule has 0 saturated carbocycles. The third-order valence-corrected chi connectivity index (χ3v) is 1.62. The van der Waals surface area contributed by atoms with Crippen molar-refractivity contribution < 1.29 is 27.8 Å². The molecular formula is C9H14F2O4. The van der Waals surface area contributed by atoms with Gasteiger partial charge in [-0.15, -0.1) is 0 Å². The van der Waals surface area contributed by atoms with Crippen LogP contribution in [0.4, 0.5) is 8.78 Å². The summed E-state index contributed by atoms with van der Waals surface area (Å²) in [5, 5.41) is 0. The Morgan fingerprint density at radius 3 is 2.20 bits per heavy atom. The van der Waals surface area contributed by atoms with Gasteiger partial charge in [0.2, 0.25) is 5.78 Å². The highest BCUT2D eigenvalue weighted by atomic mass is 19.3. The Bertz CT molecular complexity index is 218. The van der Waals surface area contributed by atoms with E-state index in [0.717, 1.165) is 0 Å². The van der Waals surface area contributed by atoms with Gasteiger partial charge >= 0.3 is 5.97 Å². The van der Waals surface area contributed by atoms with Crippen LogP contribution in [-0.2, 0) is 19.1 Å². The van der Waals surface area contributed by atoms with Crippen molar-refractivity contribution in [2.75, 3.05) is 19.8 Å². The molecule has 0 amide bonds. The summed E-state index contributed by atoms with van der Waals surface area (Å²) < 4.78 is 33.5. The van der Waals surface area contributed by atoms with Gasteiger partial charge in [0.1, 0.15) is 5.92 Å². The van der Waals surface area contributed by atoms with Crippen molar-refractivity contribution in [3.63, 3.8) is 0 Å². The smallest absolute Gasteiger partial charge is 0.319 e. The molecule has 0 aromatic rings. The largest absolute Gasteiger partial charge is 0.465 e.